The number of nitrogens with zero attached hydrogens (tertiary/aromatic N) is 1. The molecule has 0 radical (unpaired) electrons. The van der Waals surface area contributed by atoms with Crippen LogP contribution >= 0.6 is 86.7 Å². The Morgan fingerprint density at radius 1 is 0.594 bits per heavy atom. The molecule has 2 N–H and O–H groups in total. The van der Waals surface area contributed by atoms with Gasteiger partial charge in [-0.15, -0.1) is 59.0 Å². The number of sulfone groups is 1. The molecule has 0 bridgehead atoms. The molecule has 324 valence electrons. The third kappa shape index (κ3) is 14.9. The molecule has 0 aliphatic heterocycles. The third-order valence-corrected chi connectivity index (χ3v) is 16.6. The molecule has 0 saturated carbocycles. The lowest BCUT2D eigenvalue weighted by atomic mass is 10.1. The fourth-order valence-electron chi connectivity index (χ4n) is 5.97. The summed E-state index contributed by atoms with van der Waals surface area (Å²) in [6, 6.07) is 66.0. The number of nitrogens with two attached hydrogens (primary N) is 1. The van der Waals surface area contributed by atoms with Crippen molar-refractivity contribution in [2.75, 3.05) is 0 Å². The molecule has 9 aromatic rings. The van der Waals surface area contributed by atoms with Crippen LogP contribution in [0.1, 0.15) is 16.7 Å². The van der Waals surface area contributed by atoms with Crippen LogP contribution in [0, 0.1) is 6.57 Å². The first-order chi connectivity index (χ1) is 30.6. The summed E-state index contributed by atoms with van der Waals surface area (Å²) in [5.74, 6) is 0. The van der Waals surface area contributed by atoms with Crippen molar-refractivity contribution < 1.29 is 8.42 Å². The van der Waals surface area contributed by atoms with Crippen LogP contribution in [0.3, 0.4) is 0 Å². The van der Waals surface area contributed by atoms with E-state index in [4.69, 9.17) is 12.3 Å². The SMILES string of the molecule is CCc1ccc(Sc2cccc(-c3ccccc3)c2)s1.Cl.NCc1ccc(S(=O)(=O)c2cccc(-c3ccccc3)c2)s1.Sc1cccc(-c2ccccc2)c1.[C-]#[N+]c1ccc(Br)s1. The summed E-state index contributed by atoms with van der Waals surface area (Å²) >= 11 is 14.0. The van der Waals surface area contributed by atoms with Crippen molar-refractivity contribution in [2.45, 2.75) is 43.0 Å². The molecule has 0 unspecified atom stereocenters. The average molecular weight is 1040 g/mol. The number of hydrogen-bond acceptors (Lipinski definition) is 8. The number of thiophene rings is 3. The molecule has 0 aliphatic carbocycles. The van der Waals surface area contributed by atoms with Crippen molar-refractivity contribution in [1.82, 2.24) is 0 Å². The predicted octanol–water partition coefficient (Wildman–Crippen LogP) is 17.0. The lowest BCUT2D eigenvalue weighted by molar-refractivity contribution is 0.598. The Bertz CT molecular complexity index is 2970. The molecule has 0 fully saturated rings. The number of aryl methyl sites for hydroxylation is 1. The molecule has 0 aliphatic rings. The molecule has 0 spiro atoms. The highest BCUT2D eigenvalue weighted by molar-refractivity contribution is 9.11. The monoisotopic (exact) mass is 1030 g/mol. The van der Waals surface area contributed by atoms with Gasteiger partial charge in [-0.2, -0.15) is 0 Å². The highest BCUT2D eigenvalue weighted by atomic mass is 79.9. The second-order valence-electron chi connectivity index (χ2n) is 13.5. The molecule has 64 heavy (non-hydrogen) atoms. The van der Waals surface area contributed by atoms with E-state index < -0.39 is 9.84 Å². The minimum Gasteiger partial charge on any atom is -0.326 e. The maximum Gasteiger partial charge on any atom is 0.242 e. The maximum atomic E-state index is 12.7. The first-order valence-corrected chi connectivity index (χ1v) is 25.7. The number of hydrogen-bond donors (Lipinski definition) is 2. The van der Waals surface area contributed by atoms with Crippen LogP contribution in [0.25, 0.3) is 38.2 Å². The van der Waals surface area contributed by atoms with Gasteiger partial charge in [0.05, 0.1) is 19.5 Å². The van der Waals surface area contributed by atoms with Gasteiger partial charge in [-0.3, -0.25) is 0 Å². The second kappa shape index (κ2) is 25.7. The van der Waals surface area contributed by atoms with Gasteiger partial charge in [-0.1, -0.05) is 146 Å². The quantitative estimate of drug-likeness (QED) is 0.112. The van der Waals surface area contributed by atoms with Gasteiger partial charge in [0.2, 0.25) is 14.8 Å². The van der Waals surface area contributed by atoms with Gasteiger partial charge in [0.25, 0.3) is 0 Å². The van der Waals surface area contributed by atoms with Gasteiger partial charge in [0.15, 0.2) is 0 Å². The van der Waals surface area contributed by atoms with Gasteiger partial charge in [0, 0.05) is 26.1 Å². The van der Waals surface area contributed by atoms with Crippen LogP contribution in [-0.2, 0) is 22.8 Å². The van der Waals surface area contributed by atoms with E-state index in [9.17, 15) is 8.42 Å². The Morgan fingerprint density at radius 2 is 1.12 bits per heavy atom. The van der Waals surface area contributed by atoms with Crippen molar-refractivity contribution in [3.8, 4) is 33.4 Å². The summed E-state index contributed by atoms with van der Waals surface area (Å²) < 4.78 is 28.1. The normalized spacial score (nSPS) is 10.4. The van der Waals surface area contributed by atoms with E-state index in [1.54, 1.807) is 36.4 Å². The van der Waals surface area contributed by atoms with Crippen LogP contribution in [0.2, 0.25) is 0 Å². The molecule has 0 saturated heterocycles. The zero-order chi connectivity index (χ0) is 44.4. The van der Waals surface area contributed by atoms with Crippen molar-refractivity contribution in [1.29, 1.82) is 0 Å². The molecule has 0 atom stereocenters. The molecule has 3 heterocycles. The van der Waals surface area contributed by atoms with Gasteiger partial charge >= 0.3 is 0 Å². The number of halogens is 2. The molecule has 9 rings (SSSR count). The number of benzene rings is 6. The number of thiol groups is 1. The van der Waals surface area contributed by atoms with E-state index >= 15 is 0 Å². The largest absolute Gasteiger partial charge is 0.326 e. The topological polar surface area (TPSA) is 64.5 Å². The third-order valence-electron chi connectivity index (χ3n) is 9.12. The van der Waals surface area contributed by atoms with E-state index in [0.717, 1.165) is 36.1 Å². The van der Waals surface area contributed by atoms with E-state index in [2.05, 4.69) is 131 Å². The minimum absolute atomic E-state index is 0. The zero-order valence-corrected chi connectivity index (χ0v) is 42.0. The summed E-state index contributed by atoms with van der Waals surface area (Å²) in [7, 11) is -3.50. The molecule has 4 nitrogen and oxygen atoms in total. The Morgan fingerprint density at radius 3 is 1.61 bits per heavy atom. The Balaban J connectivity index is 0.000000169. The smallest absolute Gasteiger partial charge is 0.242 e. The fraction of sp³-hybridized carbons (Fsp3) is 0.0577. The molecule has 3 aromatic heterocycles. The van der Waals surface area contributed by atoms with Gasteiger partial charge < -0.3 is 5.73 Å². The van der Waals surface area contributed by atoms with Crippen LogP contribution in [0.4, 0.5) is 5.00 Å². The first kappa shape index (κ1) is 50.3. The van der Waals surface area contributed by atoms with Crippen LogP contribution in [-0.4, -0.2) is 8.42 Å². The highest BCUT2D eigenvalue weighted by Gasteiger charge is 2.20. The fourth-order valence-corrected chi connectivity index (χ4v) is 12.2. The second-order valence-corrected chi connectivity index (χ2v) is 22.3. The summed E-state index contributed by atoms with van der Waals surface area (Å²) in [5.41, 5.74) is 12.4. The lowest BCUT2D eigenvalue weighted by Gasteiger charge is -2.06. The lowest BCUT2D eigenvalue weighted by Crippen LogP contribution is -1.99. The Hall–Kier alpha value is -4.71. The first-order valence-electron chi connectivity index (χ1n) is 19.7. The summed E-state index contributed by atoms with van der Waals surface area (Å²) in [6.45, 7) is 9.13. The molecular formula is C52H44BrClN2O2S6. The van der Waals surface area contributed by atoms with Crippen molar-refractivity contribution in [3.05, 3.63) is 225 Å². The van der Waals surface area contributed by atoms with Gasteiger partial charge in [0.1, 0.15) is 4.21 Å². The van der Waals surface area contributed by atoms with E-state index in [0.29, 0.717) is 15.6 Å². The van der Waals surface area contributed by atoms with E-state index in [-0.39, 0.29) is 12.4 Å². The molecular weight excluding hydrogens is 992 g/mol. The molecule has 6 aromatic carbocycles. The Labute approximate surface area is 413 Å². The highest BCUT2D eigenvalue weighted by Crippen LogP contribution is 2.36. The minimum atomic E-state index is -3.50. The average Bonchev–Trinajstić information content (AvgIpc) is 4.13. The summed E-state index contributed by atoms with van der Waals surface area (Å²) in [5, 5.41) is 0.733. The van der Waals surface area contributed by atoms with Crippen molar-refractivity contribution in [2.24, 2.45) is 5.73 Å². The van der Waals surface area contributed by atoms with E-state index in [1.165, 1.54) is 58.9 Å². The molecule has 0 amide bonds. The maximum absolute atomic E-state index is 12.7. The Kier molecular flexibility index (Phi) is 20.2. The van der Waals surface area contributed by atoms with Crippen molar-refractivity contribution in [3.63, 3.8) is 0 Å². The number of rotatable bonds is 9. The summed E-state index contributed by atoms with van der Waals surface area (Å²) in [6.07, 6.45) is 1.12. The predicted molar refractivity (Wildman–Crippen MR) is 284 cm³/mol. The van der Waals surface area contributed by atoms with Crippen LogP contribution < -0.4 is 5.73 Å². The van der Waals surface area contributed by atoms with Crippen molar-refractivity contribution >= 4 is 102 Å². The molecule has 12 heteroatoms. The summed E-state index contributed by atoms with van der Waals surface area (Å²) in [4.78, 5) is 8.15. The van der Waals surface area contributed by atoms with Gasteiger partial charge in [-0.25, -0.2) is 13.3 Å². The zero-order valence-electron chi connectivity index (χ0n) is 34.6. The standard InChI is InChI=1S/C18H16S2.C17H15NO2S2.C12H10S.C5H2BrNS.ClH/c1-2-16-11-12-18(19-16)20-17-10-6-9-15(13-17)14-7-4-3-5-8-14;18-12-15-9-10-17(21-15)22(19,20)16-8-4-7-14(11-16)13-5-2-1-3-6-13;13-12-8-4-7-11(9-12)10-5-2-1-3-6-10;1-7-5-3-2-4(6)8-5;/h3-13H,2H2,1H3;1-11H,12,18H2;1-9,13H;2-3H;1H. The van der Waals surface area contributed by atoms with E-state index in [1.807, 2.05) is 95.9 Å². The van der Waals surface area contributed by atoms with Crippen LogP contribution in [0.15, 0.2) is 227 Å². The van der Waals surface area contributed by atoms with Crippen LogP contribution in [0.5, 0.6) is 0 Å². The van der Waals surface area contributed by atoms with Gasteiger partial charge in [-0.05, 0) is 129 Å².